The fourth-order valence-corrected chi connectivity index (χ4v) is 3.75. The average molecular weight is 508 g/mol. The van der Waals surface area contributed by atoms with E-state index >= 15 is 0 Å². The van der Waals surface area contributed by atoms with Crippen LogP contribution in [-0.2, 0) is 13.2 Å². The molecule has 12 heteroatoms. The van der Waals surface area contributed by atoms with Gasteiger partial charge < -0.3 is 10.4 Å². The minimum Gasteiger partial charge on any atom is -0.504 e. The van der Waals surface area contributed by atoms with Crippen LogP contribution in [0.4, 0.5) is 23.2 Å². The summed E-state index contributed by atoms with van der Waals surface area (Å²) in [7, 11) is 0.738. The lowest BCUT2D eigenvalue weighted by Crippen LogP contribution is -2.41. The maximum absolute atomic E-state index is 15.0. The Labute approximate surface area is 198 Å². The zero-order valence-corrected chi connectivity index (χ0v) is 18.4. The highest BCUT2D eigenvalue weighted by molar-refractivity contribution is 6.33. The third kappa shape index (κ3) is 4.26. The van der Waals surface area contributed by atoms with Crippen LogP contribution in [0.1, 0.15) is 16.1 Å². The van der Waals surface area contributed by atoms with E-state index in [1.807, 2.05) is 0 Å². The van der Waals surface area contributed by atoms with Crippen molar-refractivity contribution in [1.29, 1.82) is 0 Å². The van der Waals surface area contributed by atoms with E-state index in [0.29, 0.717) is 11.5 Å². The number of fused-ring (bicyclic) bond motifs is 1. The fraction of sp³-hybridized carbons (Fsp3) is 0.0870. The Hall–Kier alpha value is -4.12. The van der Waals surface area contributed by atoms with Gasteiger partial charge in [0, 0.05) is 18.7 Å². The standard InChI is InChI=1S/C23H14ClF4N3O4/c1-30-16(23(26,27)28)10-17(32)31(22(30)35)19-15(25)9-14(24)20(33)18(19)29-21(34)13-7-6-11-4-2-3-5-12(11)8-13/h2-10,33H,1H3,(H,29,34). The molecule has 4 rings (SSSR count). The topological polar surface area (TPSA) is 93.3 Å². The molecule has 0 saturated heterocycles. The second-order valence-electron chi connectivity index (χ2n) is 7.47. The van der Waals surface area contributed by atoms with Crippen molar-refractivity contribution in [3.05, 3.63) is 97.5 Å². The highest BCUT2D eigenvalue weighted by Crippen LogP contribution is 2.38. The van der Waals surface area contributed by atoms with Crippen LogP contribution in [0.3, 0.4) is 0 Å². The van der Waals surface area contributed by atoms with Crippen molar-refractivity contribution in [2.45, 2.75) is 6.18 Å². The molecular weight excluding hydrogens is 494 g/mol. The highest BCUT2D eigenvalue weighted by Gasteiger charge is 2.36. The molecule has 0 aliphatic heterocycles. The molecule has 0 saturated carbocycles. The fourth-order valence-electron chi connectivity index (χ4n) is 3.56. The molecule has 3 aromatic carbocycles. The Morgan fingerprint density at radius 1 is 1.03 bits per heavy atom. The predicted molar refractivity (Wildman–Crippen MR) is 121 cm³/mol. The van der Waals surface area contributed by atoms with E-state index in [1.165, 1.54) is 12.1 Å². The van der Waals surface area contributed by atoms with Gasteiger partial charge in [0.1, 0.15) is 17.1 Å². The Morgan fingerprint density at radius 3 is 2.34 bits per heavy atom. The molecule has 0 unspecified atom stereocenters. The van der Waals surface area contributed by atoms with Gasteiger partial charge in [-0.25, -0.2) is 13.8 Å². The van der Waals surface area contributed by atoms with Crippen LogP contribution < -0.4 is 16.6 Å². The molecule has 0 bridgehead atoms. The van der Waals surface area contributed by atoms with Gasteiger partial charge in [-0.15, -0.1) is 0 Å². The number of rotatable bonds is 3. The van der Waals surface area contributed by atoms with Gasteiger partial charge in [0.05, 0.1) is 5.02 Å². The Bertz CT molecular complexity index is 1630. The Balaban J connectivity index is 1.91. The van der Waals surface area contributed by atoms with Crippen LogP contribution in [0.2, 0.25) is 5.02 Å². The first kappa shape index (κ1) is 24.0. The maximum atomic E-state index is 15.0. The van der Waals surface area contributed by atoms with Crippen molar-refractivity contribution in [1.82, 2.24) is 9.13 Å². The average Bonchev–Trinajstić information content (AvgIpc) is 2.80. The summed E-state index contributed by atoms with van der Waals surface area (Å²) in [5, 5.41) is 13.6. The Kier molecular flexibility index (Phi) is 5.89. The number of aromatic nitrogens is 2. The number of aromatic hydroxyl groups is 1. The summed E-state index contributed by atoms with van der Waals surface area (Å²) in [6.07, 6.45) is -5.04. The number of phenolic OH excluding ortho intramolecular Hbond substituents is 1. The quantitative estimate of drug-likeness (QED) is 0.316. The van der Waals surface area contributed by atoms with Gasteiger partial charge in [-0.05, 0) is 29.0 Å². The number of benzene rings is 3. The van der Waals surface area contributed by atoms with E-state index in [0.717, 1.165) is 12.4 Å². The minimum atomic E-state index is -5.04. The van der Waals surface area contributed by atoms with E-state index in [2.05, 4.69) is 5.32 Å². The summed E-state index contributed by atoms with van der Waals surface area (Å²) in [6, 6.07) is 12.3. The van der Waals surface area contributed by atoms with Crippen LogP contribution in [0, 0.1) is 5.82 Å². The van der Waals surface area contributed by atoms with Gasteiger partial charge in [0.15, 0.2) is 11.6 Å². The number of nitrogens with zero attached hydrogens (tertiary/aromatic N) is 2. The molecule has 1 aromatic heterocycles. The zero-order chi connectivity index (χ0) is 25.7. The molecule has 1 heterocycles. The first-order valence-corrected chi connectivity index (χ1v) is 10.2. The van der Waals surface area contributed by atoms with Crippen LogP contribution in [0.5, 0.6) is 5.75 Å². The Morgan fingerprint density at radius 2 is 1.69 bits per heavy atom. The third-order valence-corrected chi connectivity index (χ3v) is 5.55. The first-order valence-electron chi connectivity index (χ1n) is 9.82. The zero-order valence-electron chi connectivity index (χ0n) is 17.7. The van der Waals surface area contributed by atoms with Crippen molar-refractivity contribution in [2.75, 3.05) is 5.32 Å². The van der Waals surface area contributed by atoms with Gasteiger partial charge in [0.25, 0.3) is 11.5 Å². The van der Waals surface area contributed by atoms with Gasteiger partial charge in [-0.3, -0.25) is 14.2 Å². The van der Waals surface area contributed by atoms with Gasteiger partial charge >= 0.3 is 11.9 Å². The van der Waals surface area contributed by atoms with E-state index in [4.69, 9.17) is 11.6 Å². The first-order chi connectivity index (χ1) is 16.4. The smallest absolute Gasteiger partial charge is 0.431 e. The number of carbonyl (C=O) groups excluding carboxylic acids is 1. The van der Waals surface area contributed by atoms with Crippen molar-refractivity contribution in [3.8, 4) is 11.4 Å². The number of phenols is 1. The van der Waals surface area contributed by atoms with Gasteiger partial charge in [-0.2, -0.15) is 13.2 Å². The molecule has 0 radical (unpaired) electrons. The molecular formula is C23H14ClF4N3O4. The molecule has 2 N–H and O–H groups in total. The van der Waals surface area contributed by atoms with E-state index < -0.39 is 57.0 Å². The largest absolute Gasteiger partial charge is 0.504 e. The third-order valence-electron chi connectivity index (χ3n) is 5.26. The van der Waals surface area contributed by atoms with Crippen molar-refractivity contribution < 1.29 is 27.5 Å². The monoisotopic (exact) mass is 507 g/mol. The SMILES string of the molecule is Cn1c(C(F)(F)F)cc(=O)n(-c2c(F)cc(Cl)c(O)c2NC(=O)c2ccc3ccccc3c2)c1=O. The van der Waals surface area contributed by atoms with Crippen LogP contribution in [0.15, 0.2) is 64.2 Å². The molecule has 0 spiro atoms. The second-order valence-corrected chi connectivity index (χ2v) is 7.88. The number of hydrogen-bond donors (Lipinski definition) is 2. The minimum absolute atomic E-state index is 0.0661. The predicted octanol–water partition coefficient (Wildman–Crippen LogP) is 4.46. The number of carbonyl (C=O) groups is 1. The molecule has 35 heavy (non-hydrogen) atoms. The molecule has 0 aliphatic rings. The van der Waals surface area contributed by atoms with Gasteiger partial charge in [0.2, 0.25) is 0 Å². The number of halogens is 5. The van der Waals surface area contributed by atoms with Crippen molar-refractivity contribution >= 4 is 34.0 Å². The normalized spacial score (nSPS) is 11.6. The van der Waals surface area contributed by atoms with E-state index in [9.17, 15) is 37.1 Å². The molecule has 0 fully saturated rings. The molecule has 180 valence electrons. The molecule has 0 aliphatic carbocycles. The lowest BCUT2D eigenvalue weighted by molar-refractivity contribution is -0.144. The lowest BCUT2D eigenvalue weighted by atomic mass is 10.1. The summed E-state index contributed by atoms with van der Waals surface area (Å²) in [5.74, 6) is -3.11. The summed E-state index contributed by atoms with van der Waals surface area (Å²) >= 11 is 5.82. The number of nitrogens with one attached hydrogen (secondary N) is 1. The maximum Gasteiger partial charge on any atom is 0.431 e. The van der Waals surface area contributed by atoms with E-state index in [-0.39, 0.29) is 20.8 Å². The number of alkyl halides is 3. The van der Waals surface area contributed by atoms with Gasteiger partial charge in [-0.1, -0.05) is 41.9 Å². The van der Waals surface area contributed by atoms with Crippen LogP contribution >= 0.6 is 11.6 Å². The summed E-state index contributed by atoms with van der Waals surface area (Å²) in [6.45, 7) is 0. The molecule has 4 aromatic rings. The second kappa shape index (κ2) is 8.58. The summed E-state index contributed by atoms with van der Waals surface area (Å²) in [5.41, 5.74) is -6.34. The number of anilines is 1. The van der Waals surface area contributed by atoms with Crippen molar-refractivity contribution in [2.24, 2.45) is 7.05 Å². The summed E-state index contributed by atoms with van der Waals surface area (Å²) < 4.78 is 54.7. The molecule has 0 atom stereocenters. The van der Waals surface area contributed by atoms with E-state index in [1.54, 1.807) is 30.3 Å². The van der Waals surface area contributed by atoms with Crippen LogP contribution in [0.25, 0.3) is 16.5 Å². The molecule has 1 amide bonds. The summed E-state index contributed by atoms with van der Waals surface area (Å²) in [4.78, 5) is 38.1. The van der Waals surface area contributed by atoms with Crippen molar-refractivity contribution in [3.63, 3.8) is 0 Å². The van der Waals surface area contributed by atoms with Crippen LogP contribution in [-0.4, -0.2) is 20.1 Å². The lowest BCUT2D eigenvalue weighted by Gasteiger charge is -2.18. The highest BCUT2D eigenvalue weighted by atomic mass is 35.5. The number of amides is 1. The number of hydrogen-bond acceptors (Lipinski definition) is 4. The molecule has 7 nitrogen and oxygen atoms in total.